The predicted molar refractivity (Wildman–Crippen MR) is 221 cm³/mol. The molecule has 0 bridgehead atoms. The molecule has 4 fully saturated rings. The summed E-state index contributed by atoms with van der Waals surface area (Å²) in [5, 5.41) is 15.2. The zero-order valence-corrected chi connectivity index (χ0v) is 34.1. The van der Waals surface area contributed by atoms with Crippen molar-refractivity contribution >= 4 is 46.5 Å². The first-order valence-corrected chi connectivity index (χ1v) is 20.6. The van der Waals surface area contributed by atoms with Crippen molar-refractivity contribution in [3.63, 3.8) is 0 Å². The zero-order valence-electron chi connectivity index (χ0n) is 33.4. The first-order chi connectivity index (χ1) is 27.2. The minimum atomic E-state index is -0.451. The van der Waals surface area contributed by atoms with E-state index < -0.39 is 5.92 Å². The van der Waals surface area contributed by atoms with Crippen LogP contribution in [0.2, 0.25) is 5.02 Å². The van der Waals surface area contributed by atoms with Crippen LogP contribution in [-0.4, -0.2) is 86.4 Å². The monoisotopic (exact) mass is 792 g/mol. The van der Waals surface area contributed by atoms with Crippen LogP contribution < -0.4 is 25.2 Å². The summed E-state index contributed by atoms with van der Waals surface area (Å²) < 4.78 is 6.39. The summed E-state index contributed by atoms with van der Waals surface area (Å²) in [6, 6.07) is 22.7. The van der Waals surface area contributed by atoms with Crippen LogP contribution in [0.15, 0.2) is 66.7 Å². The molecule has 0 spiro atoms. The Morgan fingerprint density at radius 3 is 2.19 bits per heavy atom. The average molecular weight is 793 g/mol. The number of piperidine rings is 2. The summed E-state index contributed by atoms with van der Waals surface area (Å²) in [6.07, 6.45) is 2.88. The van der Waals surface area contributed by atoms with Crippen LogP contribution in [0.3, 0.4) is 0 Å². The first kappa shape index (κ1) is 40.3. The van der Waals surface area contributed by atoms with Gasteiger partial charge in [-0.25, -0.2) is 0 Å². The number of hydrogen-bond donors (Lipinski definition) is 2. The summed E-state index contributed by atoms with van der Waals surface area (Å²) in [5.74, 6) is 0.00358. The molecule has 0 aromatic heterocycles. The largest absolute Gasteiger partial charge is 0.489 e. The molecule has 300 valence electrons. The van der Waals surface area contributed by atoms with Gasteiger partial charge >= 0.3 is 0 Å². The number of nitriles is 1. The normalized spacial score (nSPS) is 23.5. The van der Waals surface area contributed by atoms with Crippen molar-refractivity contribution in [1.29, 1.82) is 5.26 Å². The molecule has 57 heavy (non-hydrogen) atoms. The number of piperazine rings is 1. The number of rotatable bonds is 11. The summed E-state index contributed by atoms with van der Waals surface area (Å²) in [6.45, 7) is 15.2. The Balaban J connectivity index is 0.845. The Morgan fingerprint density at radius 2 is 1.54 bits per heavy atom. The number of imide groups is 1. The van der Waals surface area contributed by atoms with E-state index in [-0.39, 0.29) is 59.3 Å². The number of benzene rings is 3. The second-order valence-corrected chi connectivity index (χ2v) is 17.8. The Hall–Kier alpha value is -4.92. The third kappa shape index (κ3) is 8.68. The fourth-order valence-corrected chi connectivity index (χ4v) is 9.92. The number of anilines is 2. The highest BCUT2D eigenvalue weighted by Gasteiger charge is 2.64. The lowest BCUT2D eigenvalue weighted by atomic mass is 9.49. The average Bonchev–Trinajstić information content (AvgIpc) is 3.20. The quantitative estimate of drug-likeness (QED) is 0.165. The first-order valence-electron chi connectivity index (χ1n) is 20.2. The molecule has 3 saturated heterocycles. The fraction of sp³-hybridized carbons (Fsp3) is 0.489. The summed E-state index contributed by atoms with van der Waals surface area (Å²) in [5.41, 5.74) is 3.13. The van der Waals surface area contributed by atoms with E-state index in [1.165, 1.54) is 0 Å². The van der Waals surface area contributed by atoms with E-state index in [9.17, 15) is 24.4 Å². The zero-order chi connectivity index (χ0) is 40.5. The Labute approximate surface area is 340 Å². The van der Waals surface area contributed by atoms with E-state index in [1.54, 1.807) is 18.2 Å². The number of ketones is 1. The molecule has 1 aliphatic carbocycles. The van der Waals surface area contributed by atoms with Crippen LogP contribution in [-0.2, 0) is 9.59 Å². The van der Waals surface area contributed by atoms with Crippen molar-refractivity contribution in [2.24, 2.45) is 22.7 Å². The molecule has 2 N–H and O–H groups in total. The van der Waals surface area contributed by atoms with Crippen molar-refractivity contribution in [3.05, 3.63) is 88.4 Å². The number of carbonyl (C=O) groups excluding carboxylic acids is 4. The van der Waals surface area contributed by atoms with Gasteiger partial charge in [0.2, 0.25) is 11.8 Å². The van der Waals surface area contributed by atoms with E-state index in [0.717, 1.165) is 70.0 Å². The number of nitrogens with one attached hydrogen (secondary N) is 2. The predicted octanol–water partition coefficient (Wildman–Crippen LogP) is 6.49. The molecule has 3 amide bonds. The third-order valence-electron chi connectivity index (χ3n) is 12.7. The fourth-order valence-electron chi connectivity index (χ4n) is 9.71. The Morgan fingerprint density at radius 1 is 0.860 bits per heavy atom. The van der Waals surface area contributed by atoms with Crippen molar-refractivity contribution in [1.82, 2.24) is 15.5 Å². The smallest absolute Gasteiger partial charge is 0.251 e. The van der Waals surface area contributed by atoms with Gasteiger partial charge in [-0.3, -0.25) is 29.4 Å². The van der Waals surface area contributed by atoms with Gasteiger partial charge in [0.05, 0.1) is 10.6 Å². The minimum absolute atomic E-state index is 0.0652. The van der Waals surface area contributed by atoms with Gasteiger partial charge in [0, 0.05) is 110 Å². The summed E-state index contributed by atoms with van der Waals surface area (Å²) >= 11 is 6.25. The molecule has 4 aliphatic rings. The van der Waals surface area contributed by atoms with Crippen LogP contribution in [0.25, 0.3) is 0 Å². The highest BCUT2D eigenvalue weighted by atomic mass is 35.5. The lowest BCUT2D eigenvalue weighted by Gasteiger charge is -2.63. The molecule has 7 rings (SSSR count). The van der Waals surface area contributed by atoms with Gasteiger partial charge in [-0.05, 0) is 73.7 Å². The van der Waals surface area contributed by atoms with Gasteiger partial charge < -0.3 is 19.9 Å². The molecule has 3 heterocycles. The van der Waals surface area contributed by atoms with Gasteiger partial charge in [-0.2, -0.15) is 5.26 Å². The number of hydrogen-bond acceptors (Lipinski definition) is 9. The highest BCUT2D eigenvalue weighted by molar-refractivity contribution is 6.31. The van der Waals surface area contributed by atoms with E-state index in [0.29, 0.717) is 39.8 Å². The molecular weight excluding hydrogens is 740 g/mol. The van der Waals surface area contributed by atoms with Gasteiger partial charge in [0.1, 0.15) is 17.9 Å². The SMILES string of the molecule is CC1(C)C(NC(=O)c2ccc(N3CCC(CN4CCN(c5cccc(C(=O)CC6CCC(=O)NC6=O)c5)CC4)CC3)cc2)C(C)(C)C1Oc1ccc(C#N)c(Cl)c1. The van der Waals surface area contributed by atoms with Crippen molar-refractivity contribution < 1.29 is 23.9 Å². The molecule has 3 aliphatic heterocycles. The molecule has 1 unspecified atom stereocenters. The molecule has 3 aromatic rings. The second kappa shape index (κ2) is 16.5. The number of nitrogens with zero attached hydrogens (tertiary/aromatic N) is 4. The summed E-state index contributed by atoms with van der Waals surface area (Å²) in [7, 11) is 0. The van der Waals surface area contributed by atoms with E-state index in [1.807, 2.05) is 36.4 Å². The molecule has 3 aromatic carbocycles. The van der Waals surface area contributed by atoms with Crippen LogP contribution in [0, 0.1) is 34.0 Å². The van der Waals surface area contributed by atoms with Crippen molar-refractivity contribution in [2.75, 3.05) is 55.6 Å². The topological polar surface area (TPSA) is 135 Å². The van der Waals surface area contributed by atoms with Crippen molar-refractivity contribution in [2.45, 2.75) is 71.9 Å². The van der Waals surface area contributed by atoms with Crippen LogP contribution in [0.5, 0.6) is 5.75 Å². The second-order valence-electron chi connectivity index (χ2n) is 17.4. The molecule has 1 saturated carbocycles. The lowest BCUT2D eigenvalue weighted by molar-refractivity contribution is -0.164. The summed E-state index contributed by atoms with van der Waals surface area (Å²) in [4.78, 5) is 57.5. The Bertz CT molecular complexity index is 2030. The van der Waals surface area contributed by atoms with E-state index >= 15 is 0 Å². The third-order valence-corrected chi connectivity index (χ3v) is 13.1. The number of carbonyl (C=O) groups is 4. The molecule has 0 radical (unpaired) electrons. The molecule has 1 atom stereocenters. The lowest BCUT2D eigenvalue weighted by Crippen LogP contribution is -2.74. The van der Waals surface area contributed by atoms with Crippen molar-refractivity contribution in [3.8, 4) is 11.8 Å². The van der Waals surface area contributed by atoms with Crippen LogP contribution in [0.4, 0.5) is 11.4 Å². The molecular formula is C45H53ClN6O5. The minimum Gasteiger partial charge on any atom is -0.489 e. The maximum Gasteiger partial charge on any atom is 0.251 e. The highest BCUT2D eigenvalue weighted by Crippen LogP contribution is 2.55. The van der Waals surface area contributed by atoms with E-state index in [2.05, 4.69) is 71.2 Å². The molecule has 12 heteroatoms. The van der Waals surface area contributed by atoms with Gasteiger partial charge in [-0.15, -0.1) is 0 Å². The van der Waals surface area contributed by atoms with E-state index in [4.69, 9.17) is 16.3 Å². The maximum atomic E-state index is 13.5. The number of halogens is 1. The number of amides is 3. The van der Waals surface area contributed by atoms with Crippen LogP contribution in [0.1, 0.15) is 86.1 Å². The van der Waals surface area contributed by atoms with Gasteiger partial charge in [0.15, 0.2) is 5.78 Å². The maximum absolute atomic E-state index is 13.5. The molecule has 11 nitrogen and oxygen atoms in total. The number of Topliss-reactive ketones (excluding diaryl/α,β-unsaturated/α-hetero) is 1. The van der Waals surface area contributed by atoms with Crippen LogP contribution >= 0.6 is 11.6 Å². The van der Waals surface area contributed by atoms with Gasteiger partial charge in [-0.1, -0.05) is 51.4 Å². The number of ether oxygens (including phenoxy) is 1. The Kier molecular flexibility index (Phi) is 11.7. The van der Waals surface area contributed by atoms with Gasteiger partial charge in [0.25, 0.3) is 5.91 Å². The standard InChI is InChI=1S/C45H53ClN6O5/c1-44(2)42(45(3,4)43(44)57-36-14-10-33(27-47)37(46)26-36)49-40(55)30-8-12-34(13-9-30)51-18-16-29(17-19-51)28-50-20-22-52(23-21-50)35-7-5-6-31(24-35)38(53)25-32-11-15-39(54)48-41(32)56/h5-10,12-14,24,26,29,32,42-43H,11,15-23,25,28H2,1-4H3,(H,49,55)(H,48,54,56).